The van der Waals surface area contributed by atoms with Gasteiger partial charge in [0.1, 0.15) is 0 Å². The predicted molar refractivity (Wildman–Crippen MR) is 71.4 cm³/mol. The number of hydrogen-bond donors (Lipinski definition) is 1. The summed E-state index contributed by atoms with van der Waals surface area (Å²) in [5.41, 5.74) is 0.562. The van der Waals surface area contributed by atoms with E-state index in [1.54, 1.807) is 24.3 Å². The largest absolute Gasteiger partial charge is 0.462 e. The molecular weight excluding hydrogens is 228 g/mol. The van der Waals surface area contributed by atoms with E-state index < -0.39 is 0 Å². The highest BCUT2D eigenvalue weighted by molar-refractivity contribution is 5.89. The van der Waals surface area contributed by atoms with Gasteiger partial charge >= 0.3 is 5.97 Å². The molecular formula is C15H20O3. The van der Waals surface area contributed by atoms with E-state index in [2.05, 4.69) is 0 Å². The van der Waals surface area contributed by atoms with Crippen molar-refractivity contribution in [3.63, 3.8) is 0 Å². The number of allylic oxidation sites excluding steroid dienone is 1. The zero-order chi connectivity index (χ0) is 13.2. The smallest absolute Gasteiger partial charge is 0.338 e. The fourth-order valence-corrected chi connectivity index (χ4v) is 1.55. The summed E-state index contributed by atoms with van der Waals surface area (Å²) in [5, 5.41) is 9.57. The molecule has 1 aromatic rings. The molecule has 0 aliphatic carbocycles. The zero-order valence-corrected chi connectivity index (χ0v) is 10.7. The molecule has 0 saturated heterocycles. The molecule has 0 bridgehead atoms. The number of carbonyl (C=O) groups excluding carboxylic acids is 1. The molecule has 0 heterocycles. The van der Waals surface area contributed by atoms with Crippen LogP contribution in [-0.2, 0) is 4.74 Å². The van der Waals surface area contributed by atoms with Gasteiger partial charge in [0.25, 0.3) is 0 Å². The number of benzene rings is 1. The lowest BCUT2D eigenvalue weighted by molar-refractivity contribution is 0.0477. The van der Waals surface area contributed by atoms with E-state index in [1.165, 1.54) is 0 Å². The molecule has 0 saturated carbocycles. The topological polar surface area (TPSA) is 46.5 Å². The zero-order valence-electron chi connectivity index (χ0n) is 10.7. The molecule has 1 unspecified atom stereocenters. The summed E-state index contributed by atoms with van der Waals surface area (Å²) in [4.78, 5) is 11.6. The Hall–Kier alpha value is -1.61. The minimum absolute atomic E-state index is 0.307. The van der Waals surface area contributed by atoms with Gasteiger partial charge in [-0.1, -0.05) is 30.4 Å². The van der Waals surface area contributed by atoms with E-state index in [4.69, 9.17) is 4.74 Å². The third kappa shape index (κ3) is 5.64. The molecule has 0 aliphatic heterocycles. The lowest BCUT2D eigenvalue weighted by Gasteiger charge is -2.08. The lowest BCUT2D eigenvalue weighted by Crippen LogP contribution is -2.10. The van der Waals surface area contributed by atoms with Gasteiger partial charge in [0, 0.05) is 0 Å². The molecule has 1 rings (SSSR count). The average molecular weight is 248 g/mol. The van der Waals surface area contributed by atoms with Crippen molar-refractivity contribution < 1.29 is 14.6 Å². The van der Waals surface area contributed by atoms with Crippen molar-refractivity contribution >= 4 is 5.97 Å². The highest BCUT2D eigenvalue weighted by Crippen LogP contribution is 2.05. The first-order chi connectivity index (χ1) is 8.74. The molecule has 18 heavy (non-hydrogen) atoms. The second-order valence-electron chi connectivity index (χ2n) is 4.10. The van der Waals surface area contributed by atoms with Crippen molar-refractivity contribution in [1.29, 1.82) is 0 Å². The molecule has 1 aromatic carbocycles. The van der Waals surface area contributed by atoms with Gasteiger partial charge in [-0.2, -0.15) is 0 Å². The van der Waals surface area contributed by atoms with Crippen LogP contribution in [0.5, 0.6) is 0 Å². The van der Waals surface area contributed by atoms with Crippen LogP contribution >= 0.6 is 0 Å². The van der Waals surface area contributed by atoms with Crippen molar-refractivity contribution in [2.24, 2.45) is 0 Å². The minimum atomic E-state index is -0.350. The summed E-state index contributed by atoms with van der Waals surface area (Å²) < 4.78 is 5.11. The van der Waals surface area contributed by atoms with Gasteiger partial charge in [0.15, 0.2) is 0 Å². The van der Waals surface area contributed by atoms with Crippen LogP contribution in [-0.4, -0.2) is 23.8 Å². The second-order valence-corrected chi connectivity index (χ2v) is 4.10. The highest BCUT2D eigenvalue weighted by atomic mass is 16.5. The number of esters is 1. The Morgan fingerprint density at radius 2 is 2.11 bits per heavy atom. The molecule has 0 aromatic heterocycles. The van der Waals surface area contributed by atoms with Gasteiger partial charge in [0.2, 0.25) is 0 Å². The summed E-state index contributed by atoms with van der Waals surface area (Å²) >= 11 is 0. The molecule has 0 spiro atoms. The van der Waals surface area contributed by atoms with Crippen LogP contribution in [0.4, 0.5) is 0 Å². The first kappa shape index (κ1) is 14.5. The fraction of sp³-hybridized carbons (Fsp3) is 0.400. The minimum Gasteiger partial charge on any atom is -0.462 e. The maximum atomic E-state index is 11.6. The second kappa shape index (κ2) is 8.48. The molecule has 0 amide bonds. The quantitative estimate of drug-likeness (QED) is 0.458. The number of carbonyl (C=O) groups is 1. The Labute approximate surface area is 108 Å². The summed E-state index contributed by atoms with van der Waals surface area (Å²) in [6.45, 7) is 2.27. The Kier molecular flexibility index (Phi) is 6.81. The molecule has 1 N–H and O–H groups in total. The molecule has 0 aliphatic rings. The Morgan fingerprint density at radius 3 is 2.78 bits per heavy atom. The van der Waals surface area contributed by atoms with Crippen LogP contribution in [0.15, 0.2) is 42.5 Å². The maximum Gasteiger partial charge on any atom is 0.338 e. The monoisotopic (exact) mass is 248 g/mol. The van der Waals surface area contributed by atoms with Crippen LogP contribution in [0, 0.1) is 0 Å². The average Bonchev–Trinajstić information content (AvgIpc) is 2.42. The van der Waals surface area contributed by atoms with E-state index in [0.29, 0.717) is 31.4 Å². The third-order valence-corrected chi connectivity index (χ3v) is 2.57. The SMILES string of the molecule is CC=CCC(O)CCCOC(=O)c1ccccc1. The predicted octanol–water partition coefficient (Wildman–Crippen LogP) is 2.95. The first-order valence-electron chi connectivity index (χ1n) is 6.25. The number of aliphatic hydroxyl groups excluding tert-OH is 1. The summed E-state index contributed by atoms with van der Waals surface area (Å²) in [7, 11) is 0. The van der Waals surface area contributed by atoms with Gasteiger partial charge in [-0.25, -0.2) is 4.79 Å². The molecule has 98 valence electrons. The number of ether oxygens (including phenoxy) is 1. The Morgan fingerprint density at radius 1 is 1.39 bits per heavy atom. The van der Waals surface area contributed by atoms with E-state index in [-0.39, 0.29) is 12.1 Å². The Bertz CT molecular complexity index is 371. The highest BCUT2D eigenvalue weighted by Gasteiger charge is 2.06. The van der Waals surface area contributed by atoms with Crippen LogP contribution in [0.2, 0.25) is 0 Å². The number of aliphatic hydroxyl groups is 1. The van der Waals surface area contributed by atoms with Crippen molar-refractivity contribution in [3.05, 3.63) is 48.0 Å². The van der Waals surface area contributed by atoms with Crippen molar-refractivity contribution in [1.82, 2.24) is 0 Å². The van der Waals surface area contributed by atoms with E-state index >= 15 is 0 Å². The van der Waals surface area contributed by atoms with Crippen LogP contribution in [0.1, 0.15) is 36.5 Å². The normalized spacial score (nSPS) is 12.6. The third-order valence-electron chi connectivity index (χ3n) is 2.57. The van der Waals surface area contributed by atoms with Crippen molar-refractivity contribution in [2.75, 3.05) is 6.61 Å². The molecule has 0 radical (unpaired) electrons. The standard InChI is InChI=1S/C15H20O3/c1-2-3-10-14(16)11-7-12-18-15(17)13-8-5-4-6-9-13/h2-6,8-9,14,16H,7,10-12H2,1H3. The van der Waals surface area contributed by atoms with Gasteiger partial charge < -0.3 is 9.84 Å². The van der Waals surface area contributed by atoms with E-state index in [9.17, 15) is 9.90 Å². The van der Waals surface area contributed by atoms with Gasteiger partial charge in [-0.15, -0.1) is 0 Å². The number of hydrogen-bond acceptors (Lipinski definition) is 3. The summed E-state index contributed by atoms with van der Waals surface area (Å²) in [5.74, 6) is -0.307. The molecule has 3 nitrogen and oxygen atoms in total. The van der Waals surface area contributed by atoms with Crippen molar-refractivity contribution in [3.8, 4) is 0 Å². The van der Waals surface area contributed by atoms with Gasteiger partial charge in [-0.05, 0) is 38.3 Å². The summed E-state index contributed by atoms with van der Waals surface area (Å²) in [6.07, 6.45) is 5.48. The van der Waals surface area contributed by atoms with E-state index in [1.807, 2.05) is 25.1 Å². The van der Waals surface area contributed by atoms with E-state index in [0.717, 1.165) is 0 Å². The Balaban J connectivity index is 2.16. The summed E-state index contributed by atoms with van der Waals surface area (Å²) in [6, 6.07) is 8.91. The van der Waals surface area contributed by atoms with Crippen LogP contribution in [0.3, 0.4) is 0 Å². The lowest BCUT2D eigenvalue weighted by atomic mass is 10.1. The van der Waals surface area contributed by atoms with Gasteiger partial charge in [-0.3, -0.25) is 0 Å². The molecule has 0 fully saturated rings. The fourth-order valence-electron chi connectivity index (χ4n) is 1.55. The van der Waals surface area contributed by atoms with Crippen LogP contribution < -0.4 is 0 Å². The number of rotatable bonds is 7. The van der Waals surface area contributed by atoms with Gasteiger partial charge in [0.05, 0.1) is 18.3 Å². The van der Waals surface area contributed by atoms with Crippen molar-refractivity contribution in [2.45, 2.75) is 32.3 Å². The first-order valence-corrected chi connectivity index (χ1v) is 6.25. The molecule has 3 heteroatoms. The molecule has 1 atom stereocenters. The maximum absolute atomic E-state index is 11.6. The van der Waals surface area contributed by atoms with Crippen LogP contribution in [0.25, 0.3) is 0 Å².